The third-order valence-corrected chi connectivity index (χ3v) is 3.86. The Morgan fingerprint density at radius 1 is 1.04 bits per heavy atom. The molecule has 0 bridgehead atoms. The van der Waals surface area contributed by atoms with Gasteiger partial charge in [0.25, 0.3) is 0 Å². The van der Waals surface area contributed by atoms with E-state index in [0.29, 0.717) is 41.7 Å². The largest absolute Gasteiger partial charge is 0.494 e. The summed E-state index contributed by atoms with van der Waals surface area (Å²) in [5, 5.41) is 5.99. The lowest BCUT2D eigenvalue weighted by atomic mass is 10.1. The molecule has 2 rings (SSSR count). The molecule has 2 N–H and O–H groups in total. The molecular weight excluding hydrogens is 344 g/mol. The fourth-order valence-electron chi connectivity index (χ4n) is 2.52. The maximum atomic E-state index is 12.5. The molecule has 0 saturated heterocycles. The molecule has 27 heavy (non-hydrogen) atoms. The van der Waals surface area contributed by atoms with Crippen molar-refractivity contribution in [1.29, 1.82) is 0 Å². The van der Waals surface area contributed by atoms with Crippen molar-refractivity contribution >= 4 is 23.1 Å². The number of carbonyl (C=O) groups is 2. The quantitative estimate of drug-likeness (QED) is 0.649. The van der Waals surface area contributed by atoms with Gasteiger partial charge in [0.1, 0.15) is 17.5 Å². The highest BCUT2D eigenvalue weighted by molar-refractivity contribution is 5.99. The van der Waals surface area contributed by atoms with Gasteiger partial charge < -0.3 is 20.1 Å². The smallest absolute Gasteiger partial charge is 0.246 e. The minimum Gasteiger partial charge on any atom is -0.494 e. The minimum absolute atomic E-state index is 0.0497. The predicted octanol–water partition coefficient (Wildman–Crippen LogP) is 4.13. The first-order valence-corrected chi connectivity index (χ1v) is 9.02. The van der Waals surface area contributed by atoms with Crippen molar-refractivity contribution in [1.82, 2.24) is 0 Å². The summed E-state index contributed by atoms with van der Waals surface area (Å²) in [6.07, 6.45) is 0. The van der Waals surface area contributed by atoms with E-state index in [0.717, 1.165) is 0 Å². The van der Waals surface area contributed by atoms with E-state index in [2.05, 4.69) is 10.6 Å². The van der Waals surface area contributed by atoms with Crippen molar-refractivity contribution in [2.75, 3.05) is 23.8 Å². The lowest BCUT2D eigenvalue weighted by Gasteiger charge is -2.19. The van der Waals surface area contributed by atoms with Crippen molar-refractivity contribution in [3.63, 3.8) is 0 Å². The number of anilines is 2. The summed E-state index contributed by atoms with van der Waals surface area (Å²) in [4.78, 5) is 24.0. The molecule has 0 saturated carbocycles. The van der Waals surface area contributed by atoms with E-state index < -0.39 is 6.04 Å². The number of hydrogen-bond donors (Lipinski definition) is 2. The number of rotatable bonds is 9. The van der Waals surface area contributed by atoms with Crippen molar-refractivity contribution < 1.29 is 19.1 Å². The molecule has 1 amide bonds. The summed E-state index contributed by atoms with van der Waals surface area (Å²) in [5.41, 5.74) is 1.81. The average molecular weight is 370 g/mol. The van der Waals surface area contributed by atoms with Crippen LogP contribution in [0.5, 0.6) is 11.5 Å². The number of Topliss-reactive ketones (excluding diaryl/α,β-unsaturated/α-hetero) is 1. The van der Waals surface area contributed by atoms with Crippen LogP contribution in [0, 0.1) is 0 Å². The summed E-state index contributed by atoms with van der Waals surface area (Å²) in [5.74, 6) is 1.08. The molecule has 0 aliphatic heterocycles. The van der Waals surface area contributed by atoms with Crippen molar-refractivity contribution in [2.24, 2.45) is 0 Å². The van der Waals surface area contributed by atoms with Gasteiger partial charge in [-0.2, -0.15) is 0 Å². The van der Waals surface area contributed by atoms with Crippen LogP contribution < -0.4 is 20.1 Å². The molecule has 1 atom stereocenters. The van der Waals surface area contributed by atoms with Gasteiger partial charge >= 0.3 is 0 Å². The second-order valence-electron chi connectivity index (χ2n) is 6.02. The first-order valence-electron chi connectivity index (χ1n) is 9.02. The molecule has 0 aliphatic carbocycles. The maximum Gasteiger partial charge on any atom is 0.246 e. The second kappa shape index (κ2) is 9.62. The zero-order valence-corrected chi connectivity index (χ0v) is 16.2. The van der Waals surface area contributed by atoms with Crippen LogP contribution in [0.15, 0.2) is 42.5 Å². The number of hydrogen-bond acceptors (Lipinski definition) is 5. The maximum absolute atomic E-state index is 12.5. The standard InChI is InChI=1S/C21H26N2O4/c1-5-26-18-10-11-20(27-6-2)19(13-18)22-14(3)21(25)23-17-9-7-8-16(12-17)15(4)24/h7-14,22H,5-6H2,1-4H3,(H,23,25). The molecule has 2 aromatic carbocycles. The summed E-state index contributed by atoms with van der Waals surface area (Å²) in [6.45, 7) is 8.13. The van der Waals surface area contributed by atoms with E-state index in [1.807, 2.05) is 32.0 Å². The third kappa shape index (κ3) is 5.74. The highest BCUT2D eigenvalue weighted by atomic mass is 16.5. The topological polar surface area (TPSA) is 76.7 Å². The summed E-state index contributed by atoms with van der Waals surface area (Å²) in [7, 11) is 0. The zero-order valence-electron chi connectivity index (χ0n) is 16.2. The number of nitrogens with one attached hydrogen (secondary N) is 2. The Morgan fingerprint density at radius 3 is 2.44 bits per heavy atom. The number of amides is 1. The van der Waals surface area contributed by atoms with E-state index in [4.69, 9.17) is 9.47 Å². The number of carbonyl (C=O) groups excluding carboxylic acids is 2. The van der Waals surface area contributed by atoms with Crippen LogP contribution >= 0.6 is 0 Å². The van der Waals surface area contributed by atoms with E-state index >= 15 is 0 Å². The summed E-state index contributed by atoms with van der Waals surface area (Å²) < 4.78 is 11.1. The Balaban J connectivity index is 2.12. The van der Waals surface area contributed by atoms with Crippen molar-refractivity contribution in [2.45, 2.75) is 33.7 Å². The fraction of sp³-hybridized carbons (Fsp3) is 0.333. The first-order chi connectivity index (χ1) is 12.9. The van der Waals surface area contributed by atoms with E-state index in [9.17, 15) is 9.59 Å². The van der Waals surface area contributed by atoms with Gasteiger partial charge in [-0.3, -0.25) is 9.59 Å². The van der Waals surface area contributed by atoms with Gasteiger partial charge in [-0.05, 0) is 52.0 Å². The Bertz CT molecular complexity index is 805. The zero-order chi connectivity index (χ0) is 19.8. The summed E-state index contributed by atoms with van der Waals surface area (Å²) >= 11 is 0. The monoisotopic (exact) mass is 370 g/mol. The van der Waals surface area contributed by atoms with Gasteiger partial charge in [-0.25, -0.2) is 0 Å². The predicted molar refractivity (Wildman–Crippen MR) is 107 cm³/mol. The lowest BCUT2D eigenvalue weighted by Crippen LogP contribution is -2.32. The van der Waals surface area contributed by atoms with E-state index in [1.165, 1.54) is 6.92 Å². The third-order valence-electron chi connectivity index (χ3n) is 3.86. The highest BCUT2D eigenvalue weighted by Crippen LogP contribution is 2.30. The molecule has 0 aliphatic rings. The van der Waals surface area contributed by atoms with Crippen LogP contribution in [0.25, 0.3) is 0 Å². The van der Waals surface area contributed by atoms with Gasteiger partial charge in [0.15, 0.2) is 5.78 Å². The molecule has 0 spiro atoms. The van der Waals surface area contributed by atoms with Crippen LogP contribution in [0.3, 0.4) is 0 Å². The Morgan fingerprint density at radius 2 is 1.78 bits per heavy atom. The molecular formula is C21H26N2O4. The van der Waals surface area contributed by atoms with E-state index in [-0.39, 0.29) is 11.7 Å². The van der Waals surface area contributed by atoms with Gasteiger partial charge in [-0.15, -0.1) is 0 Å². The van der Waals surface area contributed by atoms with Gasteiger partial charge in [0.2, 0.25) is 5.91 Å². The number of ether oxygens (including phenoxy) is 2. The minimum atomic E-state index is -0.526. The Kier molecular flexibility index (Phi) is 7.23. The van der Waals surface area contributed by atoms with Crippen LogP contribution in [0.1, 0.15) is 38.1 Å². The van der Waals surface area contributed by atoms with Crippen LogP contribution in [0.4, 0.5) is 11.4 Å². The number of benzene rings is 2. The highest BCUT2D eigenvalue weighted by Gasteiger charge is 2.16. The van der Waals surface area contributed by atoms with Crippen molar-refractivity contribution in [3.8, 4) is 11.5 Å². The molecule has 0 radical (unpaired) electrons. The molecule has 0 heterocycles. The Hall–Kier alpha value is -3.02. The fourth-order valence-corrected chi connectivity index (χ4v) is 2.52. The van der Waals surface area contributed by atoms with Gasteiger partial charge in [-0.1, -0.05) is 12.1 Å². The average Bonchev–Trinajstić information content (AvgIpc) is 2.64. The molecule has 2 aromatic rings. The van der Waals surface area contributed by atoms with E-state index in [1.54, 1.807) is 31.2 Å². The molecule has 0 aromatic heterocycles. The van der Waals surface area contributed by atoms with Crippen LogP contribution in [-0.4, -0.2) is 30.9 Å². The Labute approximate surface area is 159 Å². The SMILES string of the molecule is CCOc1ccc(OCC)c(NC(C)C(=O)Nc2cccc(C(C)=O)c2)c1. The molecule has 6 nitrogen and oxygen atoms in total. The molecule has 0 fully saturated rings. The van der Waals surface area contributed by atoms with Gasteiger partial charge in [0.05, 0.1) is 18.9 Å². The summed E-state index contributed by atoms with van der Waals surface area (Å²) in [6, 6.07) is 11.8. The molecule has 6 heteroatoms. The lowest BCUT2D eigenvalue weighted by molar-refractivity contribution is -0.116. The normalized spacial score (nSPS) is 11.4. The second-order valence-corrected chi connectivity index (χ2v) is 6.02. The molecule has 144 valence electrons. The van der Waals surface area contributed by atoms with Gasteiger partial charge in [0, 0.05) is 17.3 Å². The number of ketones is 1. The first kappa shape index (κ1) is 20.3. The van der Waals surface area contributed by atoms with Crippen LogP contribution in [-0.2, 0) is 4.79 Å². The van der Waals surface area contributed by atoms with Crippen LogP contribution in [0.2, 0.25) is 0 Å². The molecule has 1 unspecified atom stereocenters. The van der Waals surface area contributed by atoms with Crippen molar-refractivity contribution in [3.05, 3.63) is 48.0 Å².